The van der Waals surface area contributed by atoms with Crippen LogP contribution in [0, 0.1) is 12.8 Å². The zero-order chi connectivity index (χ0) is 24.9. The maximum absolute atomic E-state index is 13.6. The van der Waals surface area contributed by atoms with E-state index in [0.717, 1.165) is 24.0 Å². The van der Waals surface area contributed by atoms with Crippen molar-refractivity contribution in [1.29, 1.82) is 0 Å². The van der Waals surface area contributed by atoms with Crippen molar-refractivity contribution in [2.24, 2.45) is 5.92 Å². The summed E-state index contributed by atoms with van der Waals surface area (Å²) in [6, 6.07) is 10.7. The Labute approximate surface area is 215 Å². The van der Waals surface area contributed by atoms with E-state index in [1.165, 1.54) is 11.1 Å². The topological polar surface area (TPSA) is 63.0 Å². The van der Waals surface area contributed by atoms with E-state index in [4.69, 9.17) is 20.8 Å². The average molecular weight is 515 g/mol. The Morgan fingerprint density at radius 2 is 2.11 bits per heavy atom. The van der Waals surface area contributed by atoms with E-state index in [1.54, 1.807) is 28.4 Å². The summed E-state index contributed by atoms with van der Waals surface area (Å²) in [5, 5.41) is 2.75. The van der Waals surface area contributed by atoms with Gasteiger partial charge in [0.15, 0.2) is 5.76 Å². The van der Waals surface area contributed by atoms with E-state index in [-0.39, 0.29) is 30.2 Å². The number of furan rings is 1. The Morgan fingerprint density at radius 3 is 2.83 bits per heavy atom. The van der Waals surface area contributed by atoms with Gasteiger partial charge in [0.25, 0.3) is 5.91 Å². The van der Waals surface area contributed by atoms with Crippen molar-refractivity contribution in [3.63, 3.8) is 0 Å². The third kappa shape index (κ3) is 6.08. The zero-order valence-corrected chi connectivity index (χ0v) is 21.9. The molecule has 0 aliphatic carbocycles. The highest BCUT2D eigenvalue weighted by atomic mass is 35.5. The molecule has 0 fully saturated rings. The predicted molar refractivity (Wildman–Crippen MR) is 138 cm³/mol. The fraction of sp³-hybridized carbons (Fsp3) is 0.407. The third-order valence-corrected chi connectivity index (χ3v) is 7.69. The SMILES string of the molecule is Cc1cc(OCC2c3ccsc3CCN2C(=O)CN(CCC(C)C)C(=O)c2ccco2)ccc1Cl. The van der Waals surface area contributed by atoms with Crippen LogP contribution in [0.4, 0.5) is 0 Å². The number of ether oxygens (including phenoxy) is 1. The van der Waals surface area contributed by atoms with Gasteiger partial charge in [-0.2, -0.15) is 0 Å². The minimum Gasteiger partial charge on any atom is -0.491 e. The smallest absolute Gasteiger partial charge is 0.290 e. The van der Waals surface area contributed by atoms with Gasteiger partial charge in [-0.05, 0) is 78.6 Å². The molecular formula is C27H31ClN2O4S. The normalized spacial score (nSPS) is 15.2. The van der Waals surface area contributed by atoms with Crippen molar-refractivity contribution >= 4 is 34.8 Å². The molecule has 4 rings (SSSR count). The number of rotatable bonds is 9. The molecule has 0 spiro atoms. The molecule has 1 unspecified atom stereocenters. The molecule has 2 amide bonds. The van der Waals surface area contributed by atoms with Gasteiger partial charge < -0.3 is 19.0 Å². The first-order valence-corrected chi connectivity index (χ1v) is 13.2. The van der Waals surface area contributed by atoms with E-state index in [9.17, 15) is 9.59 Å². The number of carbonyl (C=O) groups is 2. The van der Waals surface area contributed by atoms with Gasteiger partial charge >= 0.3 is 0 Å². The van der Waals surface area contributed by atoms with Gasteiger partial charge in [-0.25, -0.2) is 0 Å². The summed E-state index contributed by atoms with van der Waals surface area (Å²) >= 11 is 7.87. The molecule has 6 nitrogen and oxygen atoms in total. The van der Waals surface area contributed by atoms with Crippen molar-refractivity contribution in [1.82, 2.24) is 9.80 Å². The van der Waals surface area contributed by atoms with Crippen LogP contribution in [-0.4, -0.2) is 47.9 Å². The largest absolute Gasteiger partial charge is 0.491 e. The molecular weight excluding hydrogens is 484 g/mol. The lowest BCUT2D eigenvalue weighted by molar-refractivity contribution is -0.135. The second-order valence-corrected chi connectivity index (χ2v) is 10.7. The molecule has 0 saturated carbocycles. The van der Waals surface area contributed by atoms with Gasteiger partial charge in [-0.3, -0.25) is 9.59 Å². The van der Waals surface area contributed by atoms with Crippen LogP contribution in [-0.2, 0) is 11.2 Å². The van der Waals surface area contributed by atoms with Gasteiger partial charge in [-0.1, -0.05) is 25.4 Å². The Kier molecular flexibility index (Phi) is 8.19. The third-order valence-electron chi connectivity index (χ3n) is 6.27. The molecule has 35 heavy (non-hydrogen) atoms. The molecule has 3 aromatic rings. The Hall–Kier alpha value is -2.77. The number of amides is 2. The van der Waals surface area contributed by atoms with E-state index in [2.05, 4.69) is 25.3 Å². The number of hydrogen-bond acceptors (Lipinski definition) is 5. The van der Waals surface area contributed by atoms with E-state index in [1.807, 2.05) is 30.0 Å². The fourth-order valence-corrected chi connectivity index (χ4v) is 5.28. The number of benzene rings is 1. The van der Waals surface area contributed by atoms with Gasteiger partial charge in [0, 0.05) is 23.0 Å². The average Bonchev–Trinajstić information content (AvgIpc) is 3.54. The highest BCUT2D eigenvalue weighted by Crippen LogP contribution is 2.34. The fourth-order valence-electron chi connectivity index (χ4n) is 4.23. The molecule has 8 heteroatoms. The van der Waals surface area contributed by atoms with Crippen molar-refractivity contribution in [2.45, 2.75) is 39.7 Å². The molecule has 3 heterocycles. The first-order chi connectivity index (χ1) is 16.8. The summed E-state index contributed by atoms with van der Waals surface area (Å²) in [5.74, 6) is 1.02. The lowest BCUT2D eigenvalue weighted by Crippen LogP contribution is -2.48. The minimum atomic E-state index is -0.262. The van der Waals surface area contributed by atoms with Crippen molar-refractivity contribution in [2.75, 3.05) is 26.2 Å². The predicted octanol–water partition coefficient (Wildman–Crippen LogP) is 6.00. The Morgan fingerprint density at radius 1 is 1.29 bits per heavy atom. The number of hydrogen-bond donors (Lipinski definition) is 0. The second-order valence-electron chi connectivity index (χ2n) is 9.26. The number of carbonyl (C=O) groups excluding carboxylic acids is 2. The van der Waals surface area contributed by atoms with Crippen LogP contribution in [0.1, 0.15) is 52.9 Å². The summed E-state index contributed by atoms with van der Waals surface area (Å²) in [5.41, 5.74) is 2.06. The number of nitrogens with zero attached hydrogens (tertiary/aromatic N) is 2. The zero-order valence-electron chi connectivity index (χ0n) is 20.3. The Bertz CT molecular complexity index is 1160. The maximum Gasteiger partial charge on any atom is 0.290 e. The van der Waals surface area contributed by atoms with Crippen LogP contribution in [0.25, 0.3) is 0 Å². The first kappa shape index (κ1) is 25.3. The highest BCUT2D eigenvalue weighted by molar-refractivity contribution is 7.10. The second kappa shape index (κ2) is 11.3. The summed E-state index contributed by atoms with van der Waals surface area (Å²) in [6.07, 6.45) is 3.08. The Balaban J connectivity index is 1.52. The summed E-state index contributed by atoms with van der Waals surface area (Å²) in [7, 11) is 0. The number of halogens is 1. The lowest BCUT2D eigenvalue weighted by Gasteiger charge is -2.37. The molecule has 2 aromatic heterocycles. The van der Waals surface area contributed by atoms with Crippen molar-refractivity contribution in [3.8, 4) is 5.75 Å². The molecule has 0 radical (unpaired) electrons. The summed E-state index contributed by atoms with van der Waals surface area (Å²) in [4.78, 5) is 31.4. The highest BCUT2D eigenvalue weighted by Gasteiger charge is 2.34. The van der Waals surface area contributed by atoms with Crippen LogP contribution in [0.15, 0.2) is 52.5 Å². The number of aryl methyl sites for hydroxylation is 1. The summed E-state index contributed by atoms with van der Waals surface area (Å²) in [6.45, 7) is 7.55. The molecule has 0 bridgehead atoms. The summed E-state index contributed by atoms with van der Waals surface area (Å²) < 4.78 is 11.5. The molecule has 1 aliphatic heterocycles. The molecule has 1 aliphatic rings. The van der Waals surface area contributed by atoms with E-state index in [0.29, 0.717) is 36.4 Å². The van der Waals surface area contributed by atoms with Gasteiger partial charge in [0.05, 0.1) is 12.3 Å². The van der Waals surface area contributed by atoms with E-state index < -0.39 is 0 Å². The quantitative estimate of drug-likeness (QED) is 0.351. The van der Waals surface area contributed by atoms with Crippen LogP contribution >= 0.6 is 22.9 Å². The molecule has 0 N–H and O–H groups in total. The molecule has 186 valence electrons. The van der Waals surface area contributed by atoms with Crippen LogP contribution in [0.2, 0.25) is 5.02 Å². The molecule has 1 atom stereocenters. The number of fused-ring (bicyclic) bond motifs is 1. The molecule has 0 saturated heterocycles. The van der Waals surface area contributed by atoms with Gasteiger partial charge in [0.2, 0.25) is 5.91 Å². The minimum absolute atomic E-state index is 0.00226. The lowest BCUT2D eigenvalue weighted by atomic mass is 10.00. The van der Waals surface area contributed by atoms with Crippen molar-refractivity contribution < 1.29 is 18.7 Å². The standard InChI is InChI=1S/C27H31ClN2O4S/c1-18(2)8-11-29(27(32)24-5-4-13-33-24)16-26(31)30-12-9-25-21(10-14-35-25)23(30)17-34-20-6-7-22(28)19(3)15-20/h4-7,10,13-15,18,23H,8-9,11-12,16-17H2,1-3H3. The van der Waals surface area contributed by atoms with Gasteiger partial charge in [0.1, 0.15) is 18.9 Å². The number of thiophene rings is 1. The maximum atomic E-state index is 13.6. The monoisotopic (exact) mass is 514 g/mol. The van der Waals surface area contributed by atoms with Crippen LogP contribution in [0.3, 0.4) is 0 Å². The van der Waals surface area contributed by atoms with Crippen molar-refractivity contribution in [3.05, 3.63) is 74.8 Å². The van der Waals surface area contributed by atoms with E-state index >= 15 is 0 Å². The van der Waals surface area contributed by atoms with Crippen LogP contribution < -0.4 is 4.74 Å². The van der Waals surface area contributed by atoms with Crippen LogP contribution in [0.5, 0.6) is 5.75 Å². The van der Waals surface area contributed by atoms with Gasteiger partial charge in [-0.15, -0.1) is 11.3 Å². The first-order valence-electron chi connectivity index (χ1n) is 11.9. The molecule has 1 aromatic carbocycles.